The SMILES string of the molecule is CCOC(=O)C1=C(C)N=c2s/c(=C\c3ccc(OCC(=O)[O-])c(OC)c3)c(=O)n2[C@@H]1c1ccccc1OCC. The van der Waals surface area contributed by atoms with E-state index in [0.717, 1.165) is 0 Å². The van der Waals surface area contributed by atoms with Crippen molar-refractivity contribution in [3.8, 4) is 17.2 Å². The molecular formula is C28H27N2O8S-. The minimum Gasteiger partial charge on any atom is -0.546 e. The van der Waals surface area contributed by atoms with E-state index in [9.17, 15) is 19.5 Å². The van der Waals surface area contributed by atoms with E-state index in [-0.39, 0.29) is 23.5 Å². The summed E-state index contributed by atoms with van der Waals surface area (Å²) in [5, 5.41) is 10.8. The van der Waals surface area contributed by atoms with Gasteiger partial charge in [-0.25, -0.2) is 9.79 Å². The standard InChI is InChI=1S/C28H28N2O8S/c1-5-36-19-10-8-7-9-18(19)25-24(27(34)37-6-2)16(3)29-28-30(25)26(33)22(39-28)14-17-11-12-20(21(13-17)35-4)38-15-23(31)32/h7-14,25H,5-6,15H2,1-4H3,(H,31,32)/p-1/b22-14-/t25-/m1/s1. The first-order valence-electron chi connectivity index (χ1n) is 12.2. The number of esters is 1. The zero-order valence-corrected chi connectivity index (χ0v) is 22.7. The van der Waals surface area contributed by atoms with Crippen molar-refractivity contribution in [1.82, 2.24) is 4.57 Å². The highest BCUT2D eigenvalue weighted by molar-refractivity contribution is 7.07. The summed E-state index contributed by atoms with van der Waals surface area (Å²) in [7, 11) is 1.42. The van der Waals surface area contributed by atoms with E-state index in [4.69, 9.17) is 18.9 Å². The molecule has 3 aromatic rings. The zero-order valence-electron chi connectivity index (χ0n) is 21.9. The maximum atomic E-state index is 13.8. The molecule has 0 fully saturated rings. The Bertz CT molecular complexity index is 1620. The van der Waals surface area contributed by atoms with E-state index in [1.54, 1.807) is 44.2 Å². The number of carbonyl (C=O) groups is 2. The van der Waals surface area contributed by atoms with Crippen LogP contribution in [0, 0.1) is 0 Å². The second-order valence-corrected chi connectivity index (χ2v) is 9.35. The number of para-hydroxylation sites is 1. The van der Waals surface area contributed by atoms with Gasteiger partial charge in [0.1, 0.15) is 18.4 Å². The Kier molecular flexibility index (Phi) is 8.50. The molecule has 0 unspecified atom stereocenters. The number of methoxy groups -OCH3 is 1. The van der Waals surface area contributed by atoms with Crippen molar-refractivity contribution in [3.63, 3.8) is 0 Å². The largest absolute Gasteiger partial charge is 0.546 e. The molecule has 4 rings (SSSR count). The zero-order chi connectivity index (χ0) is 28.1. The van der Waals surface area contributed by atoms with E-state index in [0.29, 0.717) is 44.3 Å². The fourth-order valence-corrected chi connectivity index (χ4v) is 5.31. The fourth-order valence-electron chi connectivity index (χ4n) is 4.26. The molecule has 0 saturated carbocycles. The van der Waals surface area contributed by atoms with Crippen molar-refractivity contribution in [2.45, 2.75) is 26.8 Å². The van der Waals surface area contributed by atoms with Crippen LogP contribution in [0.3, 0.4) is 0 Å². The first-order chi connectivity index (χ1) is 18.8. The highest BCUT2D eigenvalue weighted by Gasteiger charge is 2.35. The van der Waals surface area contributed by atoms with Crippen molar-refractivity contribution in [2.75, 3.05) is 26.9 Å². The minimum atomic E-state index is -1.36. The Labute approximate surface area is 228 Å². The van der Waals surface area contributed by atoms with Crippen LogP contribution in [-0.2, 0) is 14.3 Å². The molecule has 1 aliphatic rings. The predicted octanol–water partition coefficient (Wildman–Crippen LogP) is 1.33. The molecule has 204 valence electrons. The number of aliphatic carboxylic acids is 1. The van der Waals surface area contributed by atoms with Gasteiger partial charge in [0.05, 0.1) is 42.1 Å². The summed E-state index contributed by atoms with van der Waals surface area (Å²) in [6.07, 6.45) is 1.67. The number of hydrogen-bond donors (Lipinski definition) is 0. The lowest BCUT2D eigenvalue weighted by molar-refractivity contribution is -0.307. The highest BCUT2D eigenvalue weighted by atomic mass is 32.1. The van der Waals surface area contributed by atoms with E-state index in [2.05, 4.69) is 4.99 Å². The molecule has 0 spiro atoms. The van der Waals surface area contributed by atoms with Crippen LogP contribution >= 0.6 is 11.3 Å². The number of aromatic nitrogens is 1. The highest BCUT2D eigenvalue weighted by Crippen LogP contribution is 2.36. The number of fused-ring (bicyclic) bond motifs is 1. The number of nitrogens with zero attached hydrogens (tertiary/aromatic N) is 2. The van der Waals surface area contributed by atoms with Gasteiger partial charge in [0.25, 0.3) is 5.56 Å². The van der Waals surface area contributed by atoms with Gasteiger partial charge in [-0.2, -0.15) is 0 Å². The van der Waals surface area contributed by atoms with Crippen LogP contribution in [-0.4, -0.2) is 43.4 Å². The van der Waals surface area contributed by atoms with Gasteiger partial charge >= 0.3 is 5.97 Å². The molecule has 1 aromatic heterocycles. The molecule has 2 heterocycles. The third-order valence-electron chi connectivity index (χ3n) is 5.86. The monoisotopic (exact) mass is 551 g/mol. The van der Waals surface area contributed by atoms with Gasteiger partial charge in [-0.3, -0.25) is 9.36 Å². The molecule has 11 heteroatoms. The molecule has 1 aliphatic heterocycles. The van der Waals surface area contributed by atoms with Crippen LogP contribution in [0.5, 0.6) is 17.2 Å². The Morgan fingerprint density at radius 3 is 2.54 bits per heavy atom. The lowest BCUT2D eigenvalue weighted by Crippen LogP contribution is -2.40. The van der Waals surface area contributed by atoms with Crippen LogP contribution in [0.1, 0.15) is 37.9 Å². The van der Waals surface area contributed by atoms with Crippen LogP contribution in [0.4, 0.5) is 0 Å². The number of carboxylic acid groups (broad SMARTS) is 1. The third-order valence-corrected chi connectivity index (χ3v) is 6.84. The Morgan fingerprint density at radius 1 is 1.08 bits per heavy atom. The summed E-state index contributed by atoms with van der Waals surface area (Å²) >= 11 is 1.18. The first kappa shape index (κ1) is 27.6. The summed E-state index contributed by atoms with van der Waals surface area (Å²) < 4.78 is 23.6. The van der Waals surface area contributed by atoms with Gasteiger partial charge in [-0.15, -0.1) is 0 Å². The van der Waals surface area contributed by atoms with Crippen LogP contribution in [0.15, 0.2) is 63.5 Å². The van der Waals surface area contributed by atoms with Gasteiger partial charge in [0.15, 0.2) is 16.3 Å². The van der Waals surface area contributed by atoms with E-state index < -0.39 is 24.6 Å². The molecule has 0 bridgehead atoms. The summed E-state index contributed by atoms with van der Waals surface area (Å²) in [6.45, 7) is 5.24. The Morgan fingerprint density at radius 2 is 1.85 bits per heavy atom. The summed E-state index contributed by atoms with van der Waals surface area (Å²) in [6, 6.07) is 11.3. The quantitative estimate of drug-likeness (QED) is 0.345. The van der Waals surface area contributed by atoms with Crippen molar-refractivity contribution in [1.29, 1.82) is 0 Å². The van der Waals surface area contributed by atoms with Crippen molar-refractivity contribution in [2.24, 2.45) is 4.99 Å². The average Bonchev–Trinajstić information content (AvgIpc) is 3.21. The Hall–Kier alpha value is -4.38. The van der Waals surface area contributed by atoms with Crippen molar-refractivity contribution < 1.29 is 33.6 Å². The summed E-state index contributed by atoms with van der Waals surface area (Å²) in [5.74, 6) is -0.848. The maximum absolute atomic E-state index is 13.8. The maximum Gasteiger partial charge on any atom is 0.338 e. The molecule has 0 radical (unpaired) electrons. The van der Waals surface area contributed by atoms with Gasteiger partial charge in [0, 0.05) is 5.56 Å². The molecule has 0 aliphatic carbocycles. The summed E-state index contributed by atoms with van der Waals surface area (Å²) in [5.41, 5.74) is 1.62. The molecule has 10 nitrogen and oxygen atoms in total. The van der Waals surface area contributed by atoms with Crippen LogP contribution < -0.4 is 34.2 Å². The summed E-state index contributed by atoms with van der Waals surface area (Å²) in [4.78, 5) is 42.7. The van der Waals surface area contributed by atoms with Crippen LogP contribution in [0.2, 0.25) is 0 Å². The molecule has 39 heavy (non-hydrogen) atoms. The fraction of sp³-hybridized carbons (Fsp3) is 0.286. The Balaban J connectivity index is 1.88. The van der Waals surface area contributed by atoms with Gasteiger partial charge in [-0.05, 0) is 50.6 Å². The number of allylic oxidation sites excluding steroid dienone is 1. The smallest absolute Gasteiger partial charge is 0.338 e. The average molecular weight is 552 g/mol. The molecule has 0 N–H and O–H groups in total. The number of ether oxygens (including phenoxy) is 4. The predicted molar refractivity (Wildman–Crippen MR) is 142 cm³/mol. The van der Waals surface area contributed by atoms with Crippen molar-refractivity contribution in [3.05, 3.63) is 84.5 Å². The lowest BCUT2D eigenvalue weighted by atomic mass is 9.95. The topological polar surface area (TPSA) is 128 Å². The number of carbonyl (C=O) groups excluding carboxylic acids is 2. The molecule has 0 saturated heterocycles. The normalized spacial score (nSPS) is 14.9. The molecular weight excluding hydrogens is 524 g/mol. The third kappa shape index (κ3) is 5.73. The number of carboxylic acids is 1. The van der Waals surface area contributed by atoms with E-state index in [1.165, 1.54) is 23.0 Å². The number of benzene rings is 2. The second kappa shape index (κ2) is 12.0. The first-order valence-corrected chi connectivity index (χ1v) is 13.0. The van der Waals surface area contributed by atoms with Gasteiger partial charge < -0.3 is 28.8 Å². The lowest BCUT2D eigenvalue weighted by Gasteiger charge is -2.26. The van der Waals surface area contributed by atoms with E-state index >= 15 is 0 Å². The van der Waals surface area contributed by atoms with E-state index in [1.807, 2.05) is 25.1 Å². The number of thiazole rings is 1. The molecule has 1 atom stereocenters. The van der Waals surface area contributed by atoms with Gasteiger partial charge in [-0.1, -0.05) is 35.6 Å². The number of hydrogen-bond acceptors (Lipinski definition) is 10. The molecule has 0 amide bonds. The second-order valence-electron chi connectivity index (χ2n) is 8.34. The molecule has 2 aromatic carbocycles. The van der Waals surface area contributed by atoms with Crippen LogP contribution in [0.25, 0.3) is 6.08 Å². The van der Waals surface area contributed by atoms with Crippen molar-refractivity contribution >= 4 is 29.4 Å². The number of rotatable bonds is 10. The van der Waals surface area contributed by atoms with Gasteiger partial charge in [0.2, 0.25) is 0 Å². The minimum absolute atomic E-state index is 0.171.